The van der Waals surface area contributed by atoms with Crippen LogP contribution in [0.25, 0.3) is 0 Å². The lowest BCUT2D eigenvalue weighted by atomic mass is 9.99. The van der Waals surface area contributed by atoms with E-state index in [2.05, 4.69) is 5.32 Å². The highest BCUT2D eigenvalue weighted by atomic mass is 16.5. The summed E-state index contributed by atoms with van der Waals surface area (Å²) in [6, 6.07) is 0.531. The number of ether oxygens (including phenoxy) is 1. The van der Waals surface area contributed by atoms with E-state index in [-0.39, 0.29) is 5.91 Å². The Bertz CT molecular complexity index is 257. The molecule has 78 valence electrons. The SMILES string of the molecule is O=C1N(C2CC2)CCO[C@@]12CCNC2. The molecule has 0 aromatic rings. The number of hydrogen-bond donors (Lipinski definition) is 1. The minimum Gasteiger partial charge on any atom is -0.362 e. The van der Waals surface area contributed by atoms with E-state index in [0.717, 1.165) is 19.5 Å². The van der Waals surface area contributed by atoms with E-state index < -0.39 is 5.60 Å². The zero-order valence-electron chi connectivity index (χ0n) is 8.29. The molecule has 1 saturated carbocycles. The lowest BCUT2D eigenvalue weighted by Crippen LogP contribution is -2.58. The number of hydrogen-bond acceptors (Lipinski definition) is 3. The van der Waals surface area contributed by atoms with Crippen molar-refractivity contribution >= 4 is 5.91 Å². The van der Waals surface area contributed by atoms with Crippen molar-refractivity contribution in [3.8, 4) is 0 Å². The van der Waals surface area contributed by atoms with Gasteiger partial charge in [-0.1, -0.05) is 0 Å². The van der Waals surface area contributed by atoms with Crippen molar-refractivity contribution in [1.82, 2.24) is 10.2 Å². The molecule has 1 spiro atoms. The van der Waals surface area contributed by atoms with Crippen molar-refractivity contribution in [2.75, 3.05) is 26.2 Å². The summed E-state index contributed by atoms with van der Waals surface area (Å²) < 4.78 is 5.69. The second-order valence-electron chi connectivity index (χ2n) is 4.50. The molecule has 1 aliphatic carbocycles. The molecule has 2 saturated heterocycles. The Hall–Kier alpha value is -0.610. The summed E-state index contributed by atoms with van der Waals surface area (Å²) in [6.07, 6.45) is 3.22. The first kappa shape index (κ1) is 8.68. The number of carbonyl (C=O) groups excluding carboxylic acids is 1. The van der Waals surface area contributed by atoms with Gasteiger partial charge in [0, 0.05) is 19.1 Å². The highest BCUT2D eigenvalue weighted by molar-refractivity contribution is 5.87. The fourth-order valence-electron chi connectivity index (χ4n) is 2.47. The van der Waals surface area contributed by atoms with Crippen LogP contribution < -0.4 is 5.32 Å². The molecule has 1 atom stereocenters. The third-order valence-corrected chi connectivity index (χ3v) is 3.46. The van der Waals surface area contributed by atoms with E-state index in [0.29, 0.717) is 19.2 Å². The number of rotatable bonds is 1. The minimum absolute atomic E-state index is 0.233. The largest absolute Gasteiger partial charge is 0.362 e. The average Bonchev–Trinajstić information content (AvgIpc) is 2.92. The van der Waals surface area contributed by atoms with Gasteiger partial charge in [-0.15, -0.1) is 0 Å². The monoisotopic (exact) mass is 196 g/mol. The second kappa shape index (κ2) is 2.94. The molecule has 1 amide bonds. The Morgan fingerprint density at radius 2 is 2.36 bits per heavy atom. The molecule has 3 fully saturated rings. The van der Waals surface area contributed by atoms with Crippen LogP contribution in [0.1, 0.15) is 19.3 Å². The van der Waals surface area contributed by atoms with Crippen LogP contribution in [-0.4, -0.2) is 48.7 Å². The van der Waals surface area contributed by atoms with E-state index in [1.54, 1.807) is 0 Å². The van der Waals surface area contributed by atoms with Gasteiger partial charge in [0.1, 0.15) is 0 Å². The van der Waals surface area contributed by atoms with E-state index in [1.165, 1.54) is 12.8 Å². The summed E-state index contributed by atoms with van der Waals surface area (Å²) in [4.78, 5) is 14.2. The molecule has 3 aliphatic rings. The lowest BCUT2D eigenvalue weighted by Gasteiger charge is -2.39. The third-order valence-electron chi connectivity index (χ3n) is 3.46. The fraction of sp³-hybridized carbons (Fsp3) is 0.900. The Kier molecular flexibility index (Phi) is 1.82. The van der Waals surface area contributed by atoms with E-state index in [4.69, 9.17) is 4.74 Å². The van der Waals surface area contributed by atoms with Crippen molar-refractivity contribution in [3.05, 3.63) is 0 Å². The molecule has 4 heteroatoms. The predicted octanol–water partition coefficient (Wildman–Crippen LogP) is -0.260. The number of carbonyl (C=O) groups is 1. The van der Waals surface area contributed by atoms with Crippen LogP contribution >= 0.6 is 0 Å². The van der Waals surface area contributed by atoms with Crippen molar-refractivity contribution < 1.29 is 9.53 Å². The molecule has 0 bridgehead atoms. The molecule has 4 nitrogen and oxygen atoms in total. The summed E-state index contributed by atoms with van der Waals surface area (Å²) in [5.41, 5.74) is -0.499. The standard InChI is InChI=1S/C10H16N2O2/c13-9-10(3-4-11-7-10)14-6-5-12(9)8-1-2-8/h8,11H,1-7H2/t10-/m1/s1. The van der Waals surface area contributed by atoms with Crippen LogP contribution in [0.5, 0.6) is 0 Å². The molecule has 0 radical (unpaired) electrons. The molecule has 0 aromatic carbocycles. The van der Waals surface area contributed by atoms with Gasteiger partial charge in [-0.25, -0.2) is 0 Å². The number of morpholine rings is 1. The van der Waals surface area contributed by atoms with Gasteiger partial charge in [-0.3, -0.25) is 4.79 Å². The van der Waals surface area contributed by atoms with Gasteiger partial charge in [0.25, 0.3) is 5.91 Å². The number of nitrogens with one attached hydrogen (secondary N) is 1. The maximum Gasteiger partial charge on any atom is 0.256 e. The Balaban J connectivity index is 1.81. The Morgan fingerprint density at radius 1 is 1.50 bits per heavy atom. The van der Waals surface area contributed by atoms with Gasteiger partial charge >= 0.3 is 0 Å². The smallest absolute Gasteiger partial charge is 0.256 e. The Morgan fingerprint density at radius 3 is 3.00 bits per heavy atom. The van der Waals surface area contributed by atoms with Crippen molar-refractivity contribution in [3.63, 3.8) is 0 Å². The maximum absolute atomic E-state index is 12.2. The quantitative estimate of drug-likeness (QED) is 0.628. The molecule has 2 aliphatic heterocycles. The van der Waals surface area contributed by atoms with Gasteiger partial charge < -0.3 is 15.0 Å². The highest BCUT2D eigenvalue weighted by Crippen LogP contribution is 2.34. The predicted molar refractivity (Wildman–Crippen MR) is 50.9 cm³/mol. The molecular weight excluding hydrogens is 180 g/mol. The minimum atomic E-state index is -0.499. The van der Waals surface area contributed by atoms with Gasteiger partial charge in [-0.2, -0.15) is 0 Å². The first-order chi connectivity index (χ1) is 6.82. The van der Waals surface area contributed by atoms with Crippen LogP contribution in [0.15, 0.2) is 0 Å². The van der Waals surface area contributed by atoms with Crippen LogP contribution in [0.3, 0.4) is 0 Å². The first-order valence-electron chi connectivity index (χ1n) is 5.48. The van der Waals surface area contributed by atoms with E-state index >= 15 is 0 Å². The summed E-state index contributed by atoms with van der Waals surface area (Å²) in [5.74, 6) is 0.233. The van der Waals surface area contributed by atoms with Gasteiger partial charge in [-0.05, 0) is 25.8 Å². The normalized spacial score (nSPS) is 38.3. The molecule has 3 rings (SSSR count). The number of amides is 1. The molecule has 14 heavy (non-hydrogen) atoms. The maximum atomic E-state index is 12.2. The topological polar surface area (TPSA) is 41.6 Å². The van der Waals surface area contributed by atoms with Crippen LogP contribution in [-0.2, 0) is 9.53 Å². The van der Waals surface area contributed by atoms with Crippen LogP contribution in [0.4, 0.5) is 0 Å². The zero-order valence-corrected chi connectivity index (χ0v) is 8.29. The second-order valence-corrected chi connectivity index (χ2v) is 4.50. The van der Waals surface area contributed by atoms with Gasteiger partial charge in [0.2, 0.25) is 0 Å². The van der Waals surface area contributed by atoms with Crippen molar-refractivity contribution in [2.24, 2.45) is 0 Å². The Labute approximate surface area is 83.6 Å². The molecule has 0 unspecified atom stereocenters. The fourth-order valence-corrected chi connectivity index (χ4v) is 2.47. The summed E-state index contributed by atoms with van der Waals surface area (Å²) in [6.45, 7) is 3.12. The van der Waals surface area contributed by atoms with E-state index in [1.807, 2.05) is 4.90 Å². The highest BCUT2D eigenvalue weighted by Gasteiger charge is 2.50. The lowest BCUT2D eigenvalue weighted by molar-refractivity contribution is -0.169. The van der Waals surface area contributed by atoms with Gasteiger partial charge in [0.05, 0.1) is 6.61 Å². The molecule has 2 heterocycles. The van der Waals surface area contributed by atoms with Crippen molar-refractivity contribution in [1.29, 1.82) is 0 Å². The molecular formula is C10H16N2O2. The van der Waals surface area contributed by atoms with Crippen molar-refractivity contribution in [2.45, 2.75) is 30.9 Å². The summed E-state index contributed by atoms with van der Waals surface area (Å²) >= 11 is 0. The number of nitrogens with zero attached hydrogens (tertiary/aromatic N) is 1. The average molecular weight is 196 g/mol. The van der Waals surface area contributed by atoms with Crippen LogP contribution in [0, 0.1) is 0 Å². The third kappa shape index (κ3) is 1.17. The first-order valence-corrected chi connectivity index (χ1v) is 5.48. The zero-order chi connectivity index (χ0) is 9.60. The molecule has 0 aromatic heterocycles. The van der Waals surface area contributed by atoms with E-state index in [9.17, 15) is 4.79 Å². The molecule has 1 N–H and O–H groups in total. The van der Waals surface area contributed by atoms with Crippen LogP contribution in [0.2, 0.25) is 0 Å². The summed E-state index contributed by atoms with van der Waals surface area (Å²) in [7, 11) is 0. The van der Waals surface area contributed by atoms with Gasteiger partial charge in [0.15, 0.2) is 5.60 Å². The summed E-state index contributed by atoms with van der Waals surface area (Å²) in [5, 5.41) is 3.22.